The molecule has 2 aromatic carbocycles. The number of carbonyl (C=O) groups excluding carboxylic acids is 1. The summed E-state index contributed by atoms with van der Waals surface area (Å²) in [6.07, 6.45) is 0. The summed E-state index contributed by atoms with van der Waals surface area (Å²) in [6, 6.07) is 11.1. The maximum absolute atomic E-state index is 13.6. The van der Waals surface area contributed by atoms with E-state index in [1.165, 1.54) is 6.07 Å². The first-order valence-corrected chi connectivity index (χ1v) is 6.66. The van der Waals surface area contributed by atoms with Crippen LogP contribution in [0.1, 0.15) is 12.5 Å². The number of nitrogens with one attached hydrogen (secondary N) is 2. The molecule has 0 saturated carbocycles. The topological polar surface area (TPSA) is 50.4 Å². The molecular weight excluding hydrogens is 271 g/mol. The molecule has 0 unspecified atom stereocenters. The first kappa shape index (κ1) is 14.8. The molecule has 0 bridgehead atoms. The monoisotopic (exact) mass is 288 g/mol. The summed E-state index contributed by atoms with van der Waals surface area (Å²) in [5.41, 5.74) is 1.53. The van der Waals surface area contributed by atoms with Crippen molar-refractivity contribution < 1.29 is 13.9 Å². The zero-order valence-electron chi connectivity index (χ0n) is 11.9. The highest BCUT2D eigenvalue weighted by atomic mass is 19.1. The van der Waals surface area contributed by atoms with Crippen LogP contribution in [0.2, 0.25) is 0 Å². The van der Waals surface area contributed by atoms with E-state index in [-0.39, 0.29) is 5.69 Å². The van der Waals surface area contributed by atoms with Crippen LogP contribution >= 0.6 is 0 Å². The standard InChI is InChI=1S/C16H17FN2O2/c1-3-21-15-7-5-4-6-13(15)18-16(20)19-14-10-11(2)8-9-12(14)17/h4-10H,3H2,1-2H3,(H2,18,19,20). The van der Waals surface area contributed by atoms with Crippen LogP contribution in [-0.2, 0) is 0 Å². The fourth-order valence-corrected chi connectivity index (χ4v) is 1.86. The minimum absolute atomic E-state index is 0.140. The highest BCUT2D eigenvalue weighted by molar-refractivity contribution is 6.00. The van der Waals surface area contributed by atoms with Crippen molar-refractivity contribution in [3.05, 3.63) is 53.8 Å². The fraction of sp³-hybridized carbons (Fsp3) is 0.188. The molecule has 2 amide bonds. The Labute approximate surface area is 122 Å². The number of urea groups is 1. The number of hydrogen-bond acceptors (Lipinski definition) is 2. The molecule has 0 fully saturated rings. The van der Waals surface area contributed by atoms with Gasteiger partial charge >= 0.3 is 6.03 Å². The summed E-state index contributed by atoms with van der Waals surface area (Å²) in [6.45, 7) is 4.18. The minimum atomic E-state index is -0.522. The van der Waals surface area contributed by atoms with Crippen LogP contribution in [0.25, 0.3) is 0 Å². The zero-order chi connectivity index (χ0) is 15.2. The van der Waals surface area contributed by atoms with Crippen LogP contribution in [0, 0.1) is 12.7 Å². The van der Waals surface area contributed by atoms with Gasteiger partial charge in [0.05, 0.1) is 18.0 Å². The second kappa shape index (κ2) is 6.74. The second-order valence-corrected chi connectivity index (χ2v) is 4.49. The van der Waals surface area contributed by atoms with Gasteiger partial charge in [-0.2, -0.15) is 0 Å². The van der Waals surface area contributed by atoms with E-state index in [0.717, 1.165) is 5.56 Å². The molecule has 0 atom stereocenters. The van der Waals surface area contributed by atoms with Crippen LogP contribution in [0.15, 0.2) is 42.5 Å². The van der Waals surface area contributed by atoms with Crippen molar-refractivity contribution in [1.29, 1.82) is 0 Å². The molecule has 0 aliphatic carbocycles. The van der Waals surface area contributed by atoms with Gasteiger partial charge in [-0.25, -0.2) is 9.18 Å². The van der Waals surface area contributed by atoms with E-state index >= 15 is 0 Å². The lowest BCUT2D eigenvalue weighted by Gasteiger charge is -2.12. The first-order valence-electron chi connectivity index (χ1n) is 6.66. The Bertz CT molecular complexity index is 644. The Morgan fingerprint density at radius 3 is 2.62 bits per heavy atom. The summed E-state index contributed by atoms with van der Waals surface area (Å²) in [4.78, 5) is 12.0. The molecule has 0 aliphatic rings. The van der Waals surface area contributed by atoms with Crippen molar-refractivity contribution in [3.8, 4) is 5.75 Å². The van der Waals surface area contributed by atoms with Gasteiger partial charge in [0.2, 0.25) is 0 Å². The smallest absolute Gasteiger partial charge is 0.323 e. The number of rotatable bonds is 4. The Balaban J connectivity index is 2.10. The number of ether oxygens (including phenoxy) is 1. The molecule has 0 aliphatic heterocycles. The van der Waals surface area contributed by atoms with Crippen molar-refractivity contribution in [2.24, 2.45) is 0 Å². The Hall–Kier alpha value is -2.56. The number of carbonyl (C=O) groups is 1. The predicted molar refractivity (Wildman–Crippen MR) is 81.4 cm³/mol. The third-order valence-electron chi connectivity index (χ3n) is 2.81. The van der Waals surface area contributed by atoms with Gasteiger partial charge in [-0.15, -0.1) is 0 Å². The van der Waals surface area contributed by atoms with E-state index in [2.05, 4.69) is 10.6 Å². The summed E-state index contributed by atoms with van der Waals surface area (Å²) < 4.78 is 19.0. The molecule has 0 radical (unpaired) electrons. The number of para-hydroxylation sites is 2. The van der Waals surface area contributed by atoms with E-state index in [1.807, 2.05) is 19.9 Å². The second-order valence-electron chi connectivity index (χ2n) is 4.49. The van der Waals surface area contributed by atoms with Crippen molar-refractivity contribution in [2.45, 2.75) is 13.8 Å². The van der Waals surface area contributed by atoms with Crippen molar-refractivity contribution in [2.75, 3.05) is 17.2 Å². The molecule has 2 rings (SSSR count). The van der Waals surface area contributed by atoms with Crippen LogP contribution in [-0.4, -0.2) is 12.6 Å². The number of hydrogen-bond donors (Lipinski definition) is 2. The van der Waals surface area contributed by atoms with Crippen LogP contribution in [0.4, 0.5) is 20.6 Å². The van der Waals surface area contributed by atoms with E-state index in [1.54, 1.807) is 30.3 Å². The lowest BCUT2D eigenvalue weighted by molar-refractivity contribution is 0.261. The third kappa shape index (κ3) is 3.95. The van der Waals surface area contributed by atoms with Gasteiger partial charge in [0.15, 0.2) is 0 Å². The Kier molecular flexibility index (Phi) is 4.77. The molecule has 4 nitrogen and oxygen atoms in total. The predicted octanol–water partition coefficient (Wildman–Crippen LogP) is 4.18. The first-order chi connectivity index (χ1) is 10.1. The van der Waals surface area contributed by atoms with Gasteiger partial charge < -0.3 is 15.4 Å². The van der Waals surface area contributed by atoms with Gasteiger partial charge in [0.1, 0.15) is 11.6 Å². The lowest BCUT2D eigenvalue weighted by Crippen LogP contribution is -2.20. The number of benzene rings is 2. The van der Waals surface area contributed by atoms with Gasteiger partial charge in [0, 0.05) is 0 Å². The van der Waals surface area contributed by atoms with E-state index in [4.69, 9.17) is 4.74 Å². The maximum atomic E-state index is 13.6. The maximum Gasteiger partial charge on any atom is 0.323 e. The van der Waals surface area contributed by atoms with E-state index in [9.17, 15) is 9.18 Å². The third-order valence-corrected chi connectivity index (χ3v) is 2.81. The number of amides is 2. The molecule has 0 heterocycles. The van der Waals surface area contributed by atoms with Gasteiger partial charge in [-0.05, 0) is 43.7 Å². The Morgan fingerprint density at radius 2 is 1.86 bits per heavy atom. The van der Waals surface area contributed by atoms with Crippen molar-refractivity contribution >= 4 is 17.4 Å². The lowest BCUT2D eigenvalue weighted by atomic mass is 10.2. The minimum Gasteiger partial charge on any atom is -0.492 e. The van der Waals surface area contributed by atoms with Crippen molar-refractivity contribution in [1.82, 2.24) is 0 Å². The van der Waals surface area contributed by atoms with Crippen LogP contribution in [0.3, 0.4) is 0 Å². The molecule has 21 heavy (non-hydrogen) atoms. The highest BCUT2D eigenvalue weighted by Crippen LogP contribution is 2.24. The Morgan fingerprint density at radius 1 is 1.14 bits per heavy atom. The summed E-state index contributed by atoms with van der Waals surface area (Å²) in [5, 5.41) is 5.14. The molecule has 0 saturated heterocycles. The van der Waals surface area contributed by atoms with E-state index < -0.39 is 11.8 Å². The number of aryl methyl sites for hydroxylation is 1. The number of halogens is 1. The highest BCUT2D eigenvalue weighted by Gasteiger charge is 2.09. The molecule has 5 heteroatoms. The SMILES string of the molecule is CCOc1ccccc1NC(=O)Nc1cc(C)ccc1F. The molecule has 0 spiro atoms. The van der Waals surface area contributed by atoms with Gasteiger partial charge in [-0.3, -0.25) is 0 Å². The van der Waals surface area contributed by atoms with Crippen molar-refractivity contribution in [3.63, 3.8) is 0 Å². The molecule has 2 N–H and O–H groups in total. The fourth-order valence-electron chi connectivity index (χ4n) is 1.86. The average molecular weight is 288 g/mol. The summed E-state index contributed by atoms with van der Waals surface area (Å²) in [5.74, 6) is 0.0914. The normalized spacial score (nSPS) is 10.0. The average Bonchev–Trinajstić information content (AvgIpc) is 2.45. The van der Waals surface area contributed by atoms with E-state index in [0.29, 0.717) is 18.0 Å². The van der Waals surface area contributed by atoms with Gasteiger partial charge in [-0.1, -0.05) is 18.2 Å². The molecular formula is C16H17FN2O2. The largest absolute Gasteiger partial charge is 0.492 e. The van der Waals surface area contributed by atoms with Crippen LogP contribution in [0.5, 0.6) is 5.75 Å². The molecule has 110 valence electrons. The molecule has 2 aromatic rings. The quantitative estimate of drug-likeness (QED) is 0.886. The molecule has 0 aromatic heterocycles. The zero-order valence-corrected chi connectivity index (χ0v) is 11.9. The summed E-state index contributed by atoms with van der Waals surface area (Å²) in [7, 11) is 0. The number of anilines is 2. The van der Waals surface area contributed by atoms with Gasteiger partial charge in [0.25, 0.3) is 0 Å². The summed E-state index contributed by atoms with van der Waals surface area (Å²) >= 11 is 0. The van der Waals surface area contributed by atoms with Crippen LogP contribution < -0.4 is 15.4 Å².